The normalized spacial score (nSPS) is 23.6. The Kier molecular flexibility index (Phi) is 29.3. The number of nitrogens with zero attached hydrogens (tertiary/aromatic N) is 5. The van der Waals surface area contributed by atoms with Gasteiger partial charge in [-0.25, -0.2) is 4.79 Å². The van der Waals surface area contributed by atoms with E-state index < -0.39 is 17.7 Å². The highest BCUT2D eigenvalue weighted by atomic mass is 127. The first-order valence-corrected chi connectivity index (χ1v) is 30.2. The van der Waals surface area contributed by atoms with Crippen LogP contribution in [0.3, 0.4) is 0 Å². The molecule has 4 amide bonds. The Morgan fingerprint density at radius 1 is 0.658 bits per heavy atom. The number of nitrogens with two attached hydrogens (primary N) is 1. The third kappa shape index (κ3) is 20.9. The minimum atomic E-state index is -0.526. The van der Waals surface area contributed by atoms with E-state index in [1.54, 1.807) is 34.7 Å². The molecule has 0 bridgehead atoms. The summed E-state index contributed by atoms with van der Waals surface area (Å²) in [7, 11) is 3.42. The Morgan fingerprint density at radius 2 is 1.11 bits per heavy atom. The van der Waals surface area contributed by atoms with Crippen molar-refractivity contribution in [3.63, 3.8) is 0 Å². The number of halogens is 1. The lowest BCUT2D eigenvalue weighted by Crippen LogP contribution is -2.56. The minimum absolute atomic E-state index is 0. The molecule has 79 heavy (non-hydrogen) atoms. The first-order chi connectivity index (χ1) is 36.9. The first-order valence-electron chi connectivity index (χ1n) is 30.2. The molecule has 2 aromatic rings. The van der Waals surface area contributed by atoms with Gasteiger partial charge in [0.25, 0.3) is 0 Å². The number of carbonyl (C=O) groups excluding carboxylic acids is 5. The number of likely N-dealkylation sites (N-methyl/N-ethyl adjacent to an activating group) is 1. The van der Waals surface area contributed by atoms with Crippen molar-refractivity contribution < 1.29 is 28.7 Å². The molecule has 8 rings (SSSR count). The summed E-state index contributed by atoms with van der Waals surface area (Å²) in [5.41, 5.74) is 8.75. The van der Waals surface area contributed by atoms with Crippen LogP contribution in [-0.4, -0.2) is 163 Å². The Bertz CT molecular complexity index is 2120. The Balaban J connectivity index is 0.000000274. The SMILES string of the molecule is C.CC(=O)[C@@H](C)N(C)C(=O)OC(C)(C)C.CNC[C@@H](C)C(=O)N[C@H](C(=O)N1CC[C@H]2CCCN(CCc3ccccc3)C[C@H]21)C1CCCCC1.I.N[C@H](C(=O)N1CCC2CCCN(CCc3ccccc3)CC21)C1CCCCC1. The van der Waals surface area contributed by atoms with Crippen molar-refractivity contribution in [2.24, 2.45) is 35.3 Å². The van der Waals surface area contributed by atoms with Gasteiger partial charge in [0.2, 0.25) is 17.7 Å². The van der Waals surface area contributed by atoms with Crippen LogP contribution in [0.5, 0.6) is 0 Å². The molecule has 14 nitrogen and oxygen atoms in total. The van der Waals surface area contributed by atoms with Crippen molar-refractivity contribution in [2.75, 3.05) is 73.0 Å². The number of likely N-dealkylation sites (tertiary alicyclic amines) is 4. The van der Waals surface area contributed by atoms with Crippen molar-refractivity contribution in [3.05, 3.63) is 71.8 Å². The third-order valence-electron chi connectivity index (χ3n) is 18.0. The van der Waals surface area contributed by atoms with E-state index in [0.29, 0.717) is 30.3 Å². The average molecular weight is 1210 g/mol. The van der Waals surface area contributed by atoms with Gasteiger partial charge in [-0.2, -0.15) is 0 Å². The van der Waals surface area contributed by atoms with E-state index in [4.69, 9.17) is 10.5 Å². The topological polar surface area (TPSA) is 161 Å². The quantitative estimate of drug-likeness (QED) is 0.138. The summed E-state index contributed by atoms with van der Waals surface area (Å²) < 4.78 is 5.11. The maximum atomic E-state index is 14.1. The lowest BCUT2D eigenvalue weighted by Gasteiger charge is -2.37. The van der Waals surface area contributed by atoms with Crippen LogP contribution in [0.4, 0.5) is 4.79 Å². The van der Waals surface area contributed by atoms with Gasteiger partial charge in [-0.1, -0.05) is 114 Å². The van der Waals surface area contributed by atoms with Gasteiger partial charge in [-0.15, -0.1) is 24.0 Å². The molecule has 6 aliphatic rings. The van der Waals surface area contributed by atoms with E-state index >= 15 is 0 Å². The minimum Gasteiger partial charge on any atom is -0.444 e. The van der Waals surface area contributed by atoms with Crippen molar-refractivity contribution in [1.29, 1.82) is 0 Å². The number of carbonyl (C=O) groups is 5. The molecule has 4 saturated heterocycles. The van der Waals surface area contributed by atoms with Gasteiger partial charge in [0.15, 0.2) is 5.78 Å². The smallest absolute Gasteiger partial charge is 0.410 e. The Hall–Kier alpha value is -3.64. The summed E-state index contributed by atoms with van der Waals surface area (Å²) in [5.74, 6) is 2.15. The predicted octanol–water partition coefficient (Wildman–Crippen LogP) is 10.00. The van der Waals surface area contributed by atoms with Crippen LogP contribution in [0.15, 0.2) is 60.7 Å². The zero-order valence-electron chi connectivity index (χ0n) is 49.3. The Morgan fingerprint density at radius 3 is 1.56 bits per heavy atom. The fourth-order valence-corrected chi connectivity index (χ4v) is 13.1. The monoisotopic (exact) mass is 1210 g/mol. The van der Waals surface area contributed by atoms with E-state index in [1.807, 2.05) is 14.0 Å². The number of nitrogens with one attached hydrogen (secondary N) is 2. The molecule has 0 radical (unpaired) electrons. The zero-order valence-corrected chi connectivity index (χ0v) is 51.6. The molecule has 2 saturated carbocycles. The second-order valence-corrected chi connectivity index (χ2v) is 24.8. The summed E-state index contributed by atoms with van der Waals surface area (Å²) in [5, 5.41) is 6.33. The third-order valence-corrected chi connectivity index (χ3v) is 18.0. The number of hydrogen-bond donors (Lipinski definition) is 3. The van der Waals surface area contributed by atoms with E-state index in [0.717, 1.165) is 110 Å². The van der Waals surface area contributed by atoms with Crippen molar-refractivity contribution in [3.8, 4) is 0 Å². The summed E-state index contributed by atoms with van der Waals surface area (Å²) in [4.78, 5) is 73.6. The summed E-state index contributed by atoms with van der Waals surface area (Å²) in [6.07, 6.45) is 20.6. The standard InChI is InChI=1S/C29H46N4O2.C24H37N3O.C10H19NO3.CH4.HI/c1-22(20-30-2)28(34)31-27(25-12-7-4-8-13-25)29(35)33-19-16-24-14-9-17-32(21-26(24)33)18-15-23-10-5-3-6-11-23;25-23(21-10-5-2-6-11-21)24(28)27-17-14-20-12-7-15-26(18-22(20)27)16-13-19-8-3-1-4-9-19;1-7(8(2)12)11(6)9(13)14-10(3,4)5;;/h3,5-6,10-11,22,24-27,30H,4,7-9,12-21H2,1-2H3,(H,31,34);1,3-4,8-9,20-23H,2,5-7,10-18,25H2;7H,1-6H3;1H4;1H/t22-,24-,26-,27+;20?,22?,23-;7-;;/m101../s1. The molecule has 4 aliphatic heterocycles. The molecule has 2 aromatic carbocycles. The van der Waals surface area contributed by atoms with Crippen LogP contribution in [0, 0.1) is 29.6 Å². The van der Waals surface area contributed by atoms with Gasteiger partial charge >= 0.3 is 6.09 Å². The molecule has 6 fully saturated rings. The number of ether oxygens (including phenoxy) is 1. The molecule has 15 heteroatoms. The molecule has 8 atom stereocenters. The number of amides is 4. The molecule has 2 unspecified atom stereocenters. The highest BCUT2D eigenvalue weighted by molar-refractivity contribution is 14.0. The molecular formula is C64H107IN8O6. The summed E-state index contributed by atoms with van der Waals surface area (Å²) in [6, 6.07) is 21.0. The largest absolute Gasteiger partial charge is 0.444 e. The molecule has 4 heterocycles. The predicted molar refractivity (Wildman–Crippen MR) is 331 cm³/mol. The lowest BCUT2D eigenvalue weighted by molar-refractivity contribution is -0.140. The maximum absolute atomic E-state index is 14.1. The maximum Gasteiger partial charge on any atom is 0.410 e. The van der Waals surface area contributed by atoms with Crippen LogP contribution in [-0.2, 0) is 36.8 Å². The number of benzene rings is 2. The van der Waals surface area contributed by atoms with Gasteiger partial charge in [-0.05, 0) is 167 Å². The van der Waals surface area contributed by atoms with Crippen LogP contribution in [0.25, 0.3) is 0 Å². The van der Waals surface area contributed by atoms with E-state index in [9.17, 15) is 24.0 Å². The highest BCUT2D eigenvalue weighted by Gasteiger charge is 2.44. The number of hydrogen-bond acceptors (Lipinski definition) is 10. The molecule has 0 aromatic heterocycles. The zero-order chi connectivity index (χ0) is 55.5. The van der Waals surface area contributed by atoms with Crippen LogP contribution >= 0.6 is 24.0 Å². The van der Waals surface area contributed by atoms with Gasteiger partial charge in [0, 0.05) is 70.9 Å². The second-order valence-electron chi connectivity index (χ2n) is 24.8. The average Bonchev–Trinajstić information content (AvgIpc) is 3.90. The van der Waals surface area contributed by atoms with Crippen LogP contribution in [0.1, 0.15) is 163 Å². The lowest BCUT2D eigenvalue weighted by atomic mass is 9.83. The van der Waals surface area contributed by atoms with Crippen molar-refractivity contribution >= 4 is 53.6 Å². The summed E-state index contributed by atoms with van der Waals surface area (Å²) in [6.45, 7) is 19.2. The molecule has 446 valence electrons. The van der Waals surface area contributed by atoms with Gasteiger partial charge in [0.05, 0.1) is 12.1 Å². The molecular weight excluding hydrogens is 1100 g/mol. The molecule has 0 spiro atoms. The van der Waals surface area contributed by atoms with E-state index in [2.05, 4.69) is 90.9 Å². The van der Waals surface area contributed by atoms with Crippen molar-refractivity contribution in [1.82, 2.24) is 35.1 Å². The second kappa shape index (κ2) is 34.1. The van der Waals surface area contributed by atoms with Crippen LogP contribution < -0.4 is 16.4 Å². The fraction of sp³-hybridized carbons (Fsp3) is 0.734. The first kappa shape index (κ1) is 67.9. The highest BCUT2D eigenvalue weighted by Crippen LogP contribution is 2.36. The van der Waals surface area contributed by atoms with Gasteiger partial charge < -0.3 is 45.6 Å². The van der Waals surface area contributed by atoms with Crippen molar-refractivity contribution in [2.45, 2.75) is 200 Å². The molecule has 2 aliphatic carbocycles. The van der Waals surface area contributed by atoms with E-state index in [-0.39, 0.29) is 84.9 Å². The number of ketones is 1. The molecule has 4 N–H and O–H groups in total. The van der Waals surface area contributed by atoms with E-state index in [1.165, 1.54) is 80.7 Å². The number of Topliss-reactive ketones (excluding diaryl/α,β-unsaturated/α-hetero) is 1. The van der Waals surface area contributed by atoms with Gasteiger partial charge in [-0.3, -0.25) is 19.2 Å². The van der Waals surface area contributed by atoms with Crippen LogP contribution in [0.2, 0.25) is 0 Å². The summed E-state index contributed by atoms with van der Waals surface area (Å²) >= 11 is 0. The number of fused-ring (bicyclic) bond motifs is 2. The Labute approximate surface area is 495 Å². The fourth-order valence-electron chi connectivity index (χ4n) is 13.1. The number of rotatable bonds is 16. The van der Waals surface area contributed by atoms with Gasteiger partial charge in [0.1, 0.15) is 11.6 Å².